The summed E-state index contributed by atoms with van der Waals surface area (Å²) < 4.78 is 28.1. The third-order valence-electron chi connectivity index (χ3n) is 3.63. The molecular formula is C14H24N2O2S2. The van der Waals surface area contributed by atoms with E-state index in [0.29, 0.717) is 4.21 Å². The molecule has 1 aliphatic carbocycles. The van der Waals surface area contributed by atoms with Gasteiger partial charge in [0, 0.05) is 17.5 Å². The average Bonchev–Trinajstić information content (AvgIpc) is 2.76. The molecule has 1 aromatic heterocycles. The van der Waals surface area contributed by atoms with Gasteiger partial charge < -0.3 is 5.32 Å². The van der Waals surface area contributed by atoms with E-state index >= 15 is 0 Å². The van der Waals surface area contributed by atoms with Crippen molar-refractivity contribution in [1.29, 1.82) is 0 Å². The molecule has 1 aliphatic rings. The summed E-state index contributed by atoms with van der Waals surface area (Å²) in [6, 6.07) is 3.73. The van der Waals surface area contributed by atoms with E-state index in [1.165, 1.54) is 24.2 Å². The summed E-state index contributed by atoms with van der Waals surface area (Å²) in [5, 5.41) is 3.21. The molecule has 0 bridgehead atoms. The second-order valence-corrected chi connectivity index (χ2v) is 8.42. The first kappa shape index (κ1) is 15.9. The maximum Gasteiger partial charge on any atom is 0.250 e. The first-order valence-corrected chi connectivity index (χ1v) is 9.73. The molecule has 0 radical (unpaired) electrons. The standard InChI is InChI=1S/C14H24N2O2S2/c1-2-15-11-13-9-10-14(19-13)20(17,18)16-12-7-5-3-4-6-8-12/h9-10,12,15-16H,2-8,11H2,1H3. The average molecular weight is 316 g/mol. The topological polar surface area (TPSA) is 58.2 Å². The summed E-state index contributed by atoms with van der Waals surface area (Å²) in [5.74, 6) is 0. The van der Waals surface area contributed by atoms with Gasteiger partial charge in [-0.1, -0.05) is 32.6 Å². The summed E-state index contributed by atoms with van der Waals surface area (Å²) in [6.45, 7) is 3.67. The van der Waals surface area contributed by atoms with Crippen LogP contribution in [-0.4, -0.2) is 21.0 Å². The number of thiophene rings is 1. The highest BCUT2D eigenvalue weighted by Crippen LogP contribution is 2.24. The number of hydrogen-bond donors (Lipinski definition) is 2. The van der Waals surface area contributed by atoms with Crippen molar-refractivity contribution in [2.45, 2.75) is 62.2 Å². The van der Waals surface area contributed by atoms with Crippen molar-refractivity contribution >= 4 is 21.4 Å². The van der Waals surface area contributed by atoms with E-state index in [0.717, 1.165) is 43.6 Å². The lowest BCUT2D eigenvalue weighted by Gasteiger charge is -2.15. The Morgan fingerprint density at radius 2 is 1.90 bits per heavy atom. The van der Waals surface area contributed by atoms with Gasteiger partial charge >= 0.3 is 0 Å². The Morgan fingerprint density at radius 3 is 2.55 bits per heavy atom. The van der Waals surface area contributed by atoms with Crippen LogP contribution in [0.15, 0.2) is 16.3 Å². The fourth-order valence-electron chi connectivity index (χ4n) is 2.52. The Hall–Kier alpha value is -0.430. The van der Waals surface area contributed by atoms with Crippen molar-refractivity contribution in [2.24, 2.45) is 0 Å². The fraction of sp³-hybridized carbons (Fsp3) is 0.714. The van der Waals surface area contributed by atoms with Crippen LogP contribution >= 0.6 is 11.3 Å². The molecule has 20 heavy (non-hydrogen) atoms. The number of rotatable bonds is 6. The minimum Gasteiger partial charge on any atom is -0.312 e. The van der Waals surface area contributed by atoms with Gasteiger partial charge in [-0.2, -0.15) is 0 Å². The van der Waals surface area contributed by atoms with Crippen LogP contribution in [0.2, 0.25) is 0 Å². The summed E-state index contributed by atoms with van der Waals surface area (Å²) in [6.07, 6.45) is 6.64. The molecule has 1 heterocycles. The molecule has 1 aromatic rings. The molecule has 114 valence electrons. The minimum absolute atomic E-state index is 0.113. The quantitative estimate of drug-likeness (QED) is 0.793. The lowest BCUT2D eigenvalue weighted by molar-refractivity contribution is 0.511. The smallest absolute Gasteiger partial charge is 0.250 e. The number of sulfonamides is 1. The monoisotopic (exact) mass is 316 g/mol. The van der Waals surface area contributed by atoms with Crippen molar-refractivity contribution in [1.82, 2.24) is 10.0 Å². The highest BCUT2D eigenvalue weighted by molar-refractivity contribution is 7.91. The molecule has 2 rings (SSSR count). The van der Waals surface area contributed by atoms with Gasteiger partial charge in [0.1, 0.15) is 4.21 Å². The molecule has 0 amide bonds. The van der Waals surface area contributed by atoms with Gasteiger partial charge in [-0.25, -0.2) is 13.1 Å². The molecule has 0 saturated heterocycles. The molecule has 0 spiro atoms. The van der Waals surface area contributed by atoms with E-state index in [4.69, 9.17) is 0 Å². The van der Waals surface area contributed by atoms with Gasteiger partial charge in [-0.3, -0.25) is 0 Å². The van der Waals surface area contributed by atoms with Crippen LogP contribution in [0, 0.1) is 0 Å². The van der Waals surface area contributed by atoms with E-state index in [2.05, 4.69) is 10.0 Å². The molecule has 0 aliphatic heterocycles. The minimum atomic E-state index is -3.34. The Morgan fingerprint density at radius 1 is 1.20 bits per heavy atom. The largest absolute Gasteiger partial charge is 0.312 e. The van der Waals surface area contributed by atoms with E-state index in [9.17, 15) is 8.42 Å². The zero-order valence-electron chi connectivity index (χ0n) is 12.0. The van der Waals surface area contributed by atoms with E-state index < -0.39 is 10.0 Å². The van der Waals surface area contributed by atoms with Crippen molar-refractivity contribution in [2.75, 3.05) is 6.54 Å². The summed E-state index contributed by atoms with van der Waals surface area (Å²) >= 11 is 1.36. The molecule has 4 nitrogen and oxygen atoms in total. The molecule has 0 aromatic carbocycles. The van der Waals surface area contributed by atoms with E-state index in [1.807, 2.05) is 13.0 Å². The van der Waals surface area contributed by atoms with Gasteiger partial charge in [-0.05, 0) is 31.5 Å². The third kappa shape index (κ3) is 4.55. The van der Waals surface area contributed by atoms with Crippen LogP contribution in [0.5, 0.6) is 0 Å². The lowest BCUT2D eigenvalue weighted by atomic mass is 10.1. The molecule has 6 heteroatoms. The molecular weight excluding hydrogens is 292 g/mol. The van der Waals surface area contributed by atoms with Crippen LogP contribution in [0.4, 0.5) is 0 Å². The van der Waals surface area contributed by atoms with Gasteiger partial charge in [0.15, 0.2) is 0 Å². The van der Waals surface area contributed by atoms with Crippen LogP contribution in [-0.2, 0) is 16.6 Å². The van der Waals surface area contributed by atoms with E-state index in [1.54, 1.807) is 6.07 Å². The Kier molecular flexibility index (Phi) is 6.01. The highest BCUT2D eigenvalue weighted by atomic mass is 32.2. The van der Waals surface area contributed by atoms with Crippen LogP contribution < -0.4 is 10.0 Å². The van der Waals surface area contributed by atoms with Gasteiger partial charge in [0.05, 0.1) is 0 Å². The molecule has 1 fully saturated rings. The van der Waals surface area contributed by atoms with Gasteiger partial charge in [-0.15, -0.1) is 11.3 Å². The molecule has 0 atom stereocenters. The Labute approximate surface area is 126 Å². The van der Waals surface area contributed by atoms with Crippen molar-refractivity contribution in [3.05, 3.63) is 17.0 Å². The normalized spacial score (nSPS) is 18.1. The first-order chi connectivity index (χ1) is 9.62. The van der Waals surface area contributed by atoms with Crippen LogP contribution in [0.3, 0.4) is 0 Å². The fourth-order valence-corrected chi connectivity index (χ4v) is 5.17. The maximum absolute atomic E-state index is 12.4. The molecule has 2 N–H and O–H groups in total. The van der Waals surface area contributed by atoms with Crippen molar-refractivity contribution in [3.8, 4) is 0 Å². The summed E-state index contributed by atoms with van der Waals surface area (Å²) in [5.41, 5.74) is 0. The van der Waals surface area contributed by atoms with Crippen LogP contribution in [0.25, 0.3) is 0 Å². The predicted molar refractivity (Wildman–Crippen MR) is 83.5 cm³/mol. The first-order valence-electron chi connectivity index (χ1n) is 7.43. The third-order valence-corrected chi connectivity index (χ3v) is 6.73. The van der Waals surface area contributed by atoms with Gasteiger partial charge in [0.2, 0.25) is 10.0 Å². The molecule has 0 unspecified atom stereocenters. The van der Waals surface area contributed by atoms with Crippen molar-refractivity contribution in [3.63, 3.8) is 0 Å². The SMILES string of the molecule is CCNCc1ccc(S(=O)(=O)NC2CCCCCC2)s1. The zero-order valence-corrected chi connectivity index (χ0v) is 13.7. The summed E-state index contributed by atoms with van der Waals surface area (Å²) in [4.78, 5) is 1.06. The van der Waals surface area contributed by atoms with Crippen molar-refractivity contribution < 1.29 is 8.42 Å². The van der Waals surface area contributed by atoms with Gasteiger partial charge in [0.25, 0.3) is 0 Å². The lowest BCUT2D eigenvalue weighted by Crippen LogP contribution is -2.33. The second kappa shape index (κ2) is 7.54. The Bertz CT molecular complexity index is 503. The maximum atomic E-state index is 12.4. The zero-order chi connectivity index (χ0) is 14.4. The second-order valence-electron chi connectivity index (χ2n) is 5.31. The van der Waals surface area contributed by atoms with E-state index in [-0.39, 0.29) is 6.04 Å². The number of hydrogen-bond acceptors (Lipinski definition) is 4. The molecule has 1 saturated carbocycles. The summed E-state index contributed by atoms with van der Waals surface area (Å²) in [7, 11) is -3.34. The highest BCUT2D eigenvalue weighted by Gasteiger charge is 2.22. The Balaban J connectivity index is 1.99. The predicted octanol–water partition coefficient (Wildman–Crippen LogP) is 2.86. The number of nitrogens with one attached hydrogen (secondary N) is 2. The van der Waals surface area contributed by atoms with Crippen LogP contribution in [0.1, 0.15) is 50.3 Å².